The molecule has 6 heteroatoms. The lowest BCUT2D eigenvalue weighted by Crippen LogP contribution is -2.32. The number of pyridine rings is 1. The van der Waals surface area contributed by atoms with Crippen LogP contribution >= 0.6 is 0 Å². The third kappa shape index (κ3) is 4.43. The van der Waals surface area contributed by atoms with Crippen LogP contribution in [-0.4, -0.2) is 24.5 Å². The Morgan fingerprint density at radius 2 is 2.00 bits per heavy atom. The van der Waals surface area contributed by atoms with Crippen LogP contribution in [-0.2, 0) is 11.3 Å². The van der Waals surface area contributed by atoms with Gasteiger partial charge in [-0.15, -0.1) is 0 Å². The Bertz CT molecular complexity index is 661. The van der Waals surface area contributed by atoms with Crippen molar-refractivity contribution >= 4 is 5.91 Å². The molecule has 122 valence electrons. The predicted octanol–water partition coefficient (Wildman–Crippen LogP) is 2.09. The molecule has 1 aromatic carbocycles. The molecule has 0 aliphatic carbocycles. The number of hydrogen-bond acceptors (Lipinski definition) is 5. The highest BCUT2D eigenvalue weighted by Gasteiger charge is 2.13. The molecule has 1 aromatic heterocycles. The molecule has 1 amide bonds. The van der Waals surface area contributed by atoms with Crippen molar-refractivity contribution in [3.63, 3.8) is 0 Å². The van der Waals surface area contributed by atoms with Gasteiger partial charge in [-0.1, -0.05) is 25.1 Å². The predicted molar refractivity (Wildman–Crippen MR) is 87.4 cm³/mol. The summed E-state index contributed by atoms with van der Waals surface area (Å²) in [5.41, 5.74) is 6.27. The molecule has 3 N–H and O–H groups in total. The van der Waals surface area contributed by atoms with E-state index in [0.717, 1.165) is 5.56 Å². The van der Waals surface area contributed by atoms with Crippen LogP contribution in [0.15, 0.2) is 42.6 Å². The van der Waals surface area contributed by atoms with Crippen LogP contribution in [0.25, 0.3) is 0 Å². The molecule has 23 heavy (non-hydrogen) atoms. The molecule has 2 rings (SSSR count). The number of hydrogen-bond donors (Lipinski definition) is 2. The summed E-state index contributed by atoms with van der Waals surface area (Å²) in [5.74, 6) is 1.28. The Labute approximate surface area is 135 Å². The van der Waals surface area contributed by atoms with E-state index in [9.17, 15) is 4.79 Å². The molecule has 0 unspecified atom stereocenters. The highest BCUT2D eigenvalue weighted by atomic mass is 16.5. The topological polar surface area (TPSA) is 86.5 Å². The Morgan fingerprint density at radius 1 is 1.26 bits per heavy atom. The van der Waals surface area contributed by atoms with Crippen molar-refractivity contribution in [3.8, 4) is 17.4 Å². The van der Waals surface area contributed by atoms with E-state index in [-0.39, 0.29) is 11.8 Å². The number of ether oxygens (including phenoxy) is 2. The fourth-order valence-corrected chi connectivity index (χ4v) is 1.92. The smallest absolute Gasteiger partial charge is 0.224 e. The van der Waals surface area contributed by atoms with Crippen molar-refractivity contribution in [1.82, 2.24) is 10.3 Å². The molecule has 1 atom stereocenters. The second kappa shape index (κ2) is 8.14. The maximum absolute atomic E-state index is 11.8. The van der Waals surface area contributed by atoms with E-state index in [4.69, 9.17) is 15.2 Å². The molecule has 1 heterocycles. The largest absolute Gasteiger partial charge is 0.493 e. The summed E-state index contributed by atoms with van der Waals surface area (Å²) in [6, 6.07) is 11.0. The quantitative estimate of drug-likeness (QED) is 0.817. The number of para-hydroxylation sites is 2. The number of aromatic nitrogens is 1. The second-order valence-electron chi connectivity index (χ2n) is 5.08. The first-order chi connectivity index (χ1) is 11.2. The molecular weight excluding hydrogens is 294 g/mol. The lowest BCUT2D eigenvalue weighted by atomic mass is 10.1. The van der Waals surface area contributed by atoms with Crippen LogP contribution in [0.2, 0.25) is 0 Å². The maximum Gasteiger partial charge on any atom is 0.224 e. The standard InChI is InChI=1S/C17H21N3O3/c1-12(10-18)16(21)20-11-13-6-5-9-19-17(13)23-15-8-4-3-7-14(15)22-2/h3-9,12H,10-11,18H2,1-2H3,(H,20,21)/t12-/m0/s1. The number of benzene rings is 1. The summed E-state index contributed by atoms with van der Waals surface area (Å²) in [5, 5.41) is 2.83. The zero-order valence-electron chi connectivity index (χ0n) is 13.3. The molecule has 0 saturated carbocycles. The van der Waals surface area contributed by atoms with Gasteiger partial charge < -0.3 is 20.5 Å². The van der Waals surface area contributed by atoms with E-state index in [1.807, 2.05) is 24.3 Å². The Hall–Kier alpha value is -2.60. The fourth-order valence-electron chi connectivity index (χ4n) is 1.92. The third-order valence-electron chi connectivity index (χ3n) is 3.38. The van der Waals surface area contributed by atoms with Gasteiger partial charge in [-0.25, -0.2) is 4.98 Å². The van der Waals surface area contributed by atoms with Crippen molar-refractivity contribution < 1.29 is 14.3 Å². The van der Waals surface area contributed by atoms with Gasteiger partial charge in [0.25, 0.3) is 0 Å². The highest BCUT2D eigenvalue weighted by Crippen LogP contribution is 2.31. The number of nitrogens with zero attached hydrogens (tertiary/aromatic N) is 1. The average Bonchev–Trinajstić information content (AvgIpc) is 2.60. The lowest BCUT2D eigenvalue weighted by molar-refractivity contribution is -0.124. The zero-order chi connectivity index (χ0) is 16.7. The Kier molecular flexibility index (Phi) is 5.94. The molecule has 2 aromatic rings. The minimum atomic E-state index is -0.231. The van der Waals surface area contributed by atoms with Gasteiger partial charge in [-0.3, -0.25) is 4.79 Å². The Morgan fingerprint density at radius 3 is 2.70 bits per heavy atom. The SMILES string of the molecule is COc1ccccc1Oc1ncccc1CNC(=O)[C@@H](C)CN. The lowest BCUT2D eigenvalue weighted by Gasteiger charge is -2.14. The van der Waals surface area contributed by atoms with E-state index in [0.29, 0.717) is 30.5 Å². The van der Waals surface area contributed by atoms with Crippen molar-refractivity contribution in [3.05, 3.63) is 48.2 Å². The monoisotopic (exact) mass is 315 g/mol. The van der Waals surface area contributed by atoms with Gasteiger partial charge in [0.2, 0.25) is 11.8 Å². The summed E-state index contributed by atoms with van der Waals surface area (Å²) in [6.07, 6.45) is 1.64. The molecule has 0 fully saturated rings. The summed E-state index contributed by atoms with van der Waals surface area (Å²) in [7, 11) is 1.58. The van der Waals surface area contributed by atoms with Gasteiger partial charge in [0.05, 0.1) is 7.11 Å². The number of nitrogens with two attached hydrogens (primary N) is 1. The van der Waals surface area contributed by atoms with Crippen molar-refractivity contribution in [2.24, 2.45) is 11.7 Å². The van der Waals surface area contributed by atoms with Crippen LogP contribution in [0, 0.1) is 5.92 Å². The molecule has 0 aliphatic heterocycles. The van der Waals surface area contributed by atoms with E-state index >= 15 is 0 Å². The molecule has 0 aliphatic rings. The van der Waals surface area contributed by atoms with E-state index < -0.39 is 0 Å². The second-order valence-corrected chi connectivity index (χ2v) is 5.08. The summed E-state index contributed by atoms with van der Waals surface area (Å²) < 4.78 is 11.1. The number of carbonyl (C=O) groups is 1. The minimum absolute atomic E-state index is 0.0976. The summed E-state index contributed by atoms with van der Waals surface area (Å²) in [6.45, 7) is 2.41. The molecule has 0 bridgehead atoms. The summed E-state index contributed by atoms with van der Waals surface area (Å²) in [4.78, 5) is 16.1. The van der Waals surface area contributed by atoms with Crippen molar-refractivity contribution in [2.75, 3.05) is 13.7 Å². The van der Waals surface area contributed by atoms with Gasteiger partial charge in [0.1, 0.15) is 0 Å². The van der Waals surface area contributed by atoms with Crippen LogP contribution in [0.1, 0.15) is 12.5 Å². The van der Waals surface area contributed by atoms with Gasteiger partial charge in [-0.05, 0) is 18.2 Å². The average molecular weight is 315 g/mol. The number of amides is 1. The maximum atomic E-state index is 11.8. The van der Waals surface area contributed by atoms with Gasteiger partial charge in [-0.2, -0.15) is 0 Å². The van der Waals surface area contributed by atoms with E-state index in [1.165, 1.54) is 0 Å². The van der Waals surface area contributed by atoms with Crippen LogP contribution in [0.4, 0.5) is 0 Å². The van der Waals surface area contributed by atoms with Crippen LogP contribution < -0.4 is 20.5 Å². The van der Waals surface area contributed by atoms with Gasteiger partial charge in [0.15, 0.2) is 11.5 Å². The number of rotatable bonds is 7. The first-order valence-corrected chi connectivity index (χ1v) is 7.38. The highest BCUT2D eigenvalue weighted by molar-refractivity contribution is 5.78. The summed E-state index contributed by atoms with van der Waals surface area (Å²) >= 11 is 0. The molecule has 0 radical (unpaired) electrons. The number of carbonyl (C=O) groups excluding carboxylic acids is 1. The van der Waals surface area contributed by atoms with E-state index in [2.05, 4.69) is 10.3 Å². The minimum Gasteiger partial charge on any atom is -0.493 e. The normalized spacial score (nSPS) is 11.6. The van der Waals surface area contributed by atoms with Crippen molar-refractivity contribution in [1.29, 1.82) is 0 Å². The third-order valence-corrected chi connectivity index (χ3v) is 3.38. The molecule has 0 spiro atoms. The first-order valence-electron chi connectivity index (χ1n) is 7.38. The van der Waals surface area contributed by atoms with Gasteiger partial charge >= 0.3 is 0 Å². The molecule has 0 saturated heterocycles. The zero-order valence-corrected chi connectivity index (χ0v) is 13.3. The van der Waals surface area contributed by atoms with Crippen molar-refractivity contribution in [2.45, 2.75) is 13.5 Å². The van der Waals surface area contributed by atoms with Crippen LogP contribution in [0.3, 0.4) is 0 Å². The van der Waals surface area contributed by atoms with Crippen LogP contribution in [0.5, 0.6) is 17.4 Å². The first kappa shape index (κ1) is 16.8. The molecular formula is C17H21N3O3. The van der Waals surface area contributed by atoms with E-state index in [1.54, 1.807) is 32.4 Å². The fraction of sp³-hybridized carbons (Fsp3) is 0.294. The molecule has 6 nitrogen and oxygen atoms in total. The van der Waals surface area contributed by atoms with Gasteiger partial charge in [0, 0.05) is 30.8 Å². The number of nitrogens with one attached hydrogen (secondary N) is 1. The number of methoxy groups -OCH3 is 1. The Balaban J connectivity index is 2.13.